The van der Waals surface area contributed by atoms with E-state index in [2.05, 4.69) is 10.8 Å². The lowest BCUT2D eigenvalue weighted by Gasteiger charge is -2.18. The van der Waals surface area contributed by atoms with Gasteiger partial charge in [-0.2, -0.15) is 0 Å². The first-order valence-electron chi connectivity index (χ1n) is 9.09. The Morgan fingerprint density at radius 3 is 2.18 bits per heavy atom. The number of Topliss-reactive ketones (excluding diaryl/α,β-unsaturated/α-hetero) is 1. The molecule has 5 heteroatoms. The highest BCUT2D eigenvalue weighted by molar-refractivity contribution is 7.89. The Bertz CT molecular complexity index is 1060. The highest BCUT2D eigenvalue weighted by Gasteiger charge is 2.22. The molecular formula is C23H23NO3S. The van der Waals surface area contributed by atoms with Gasteiger partial charge in [0.2, 0.25) is 10.0 Å². The Morgan fingerprint density at radius 2 is 1.57 bits per heavy atom. The minimum Gasteiger partial charge on any atom is -0.300 e. The van der Waals surface area contributed by atoms with Crippen LogP contribution in [0.4, 0.5) is 0 Å². The van der Waals surface area contributed by atoms with Crippen molar-refractivity contribution in [3.63, 3.8) is 0 Å². The second-order valence-corrected chi connectivity index (χ2v) is 8.60. The molecule has 1 N–H and O–H groups in total. The zero-order chi connectivity index (χ0) is 20.1. The largest absolute Gasteiger partial charge is 0.300 e. The van der Waals surface area contributed by atoms with Crippen molar-refractivity contribution in [2.75, 3.05) is 0 Å². The molecule has 28 heavy (non-hydrogen) atoms. The van der Waals surface area contributed by atoms with Crippen LogP contribution in [0.2, 0.25) is 0 Å². The Kier molecular flexibility index (Phi) is 6.07. The molecule has 0 saturated carbocycles. The summed E-state index contributed by atoms with van der Waals surface area (Å²) in [6.45, 7) is 3.48. The van der Waals surface area contributed by atoms with Crippen molar-refractivity contribution in [1.82, 2.24) is 4.72 Å². The fraction of sp³-hybridized carbons (Fsp3) is 0.174. The molecular weight excluding hydrogens is 370 g/mol. The van der Waals surface area contributed by atoms with Gasteiger partial charge in [-0.15, -0.1) is 0 Å². The third-order valence-electron chi connectivity index (χ3n) is 4.51. The molecule has 3 rings (SSSR count). The molecule has 1 atom stereocenters. The number of ketones is 1. The van der Waals surface area contributed by atoms with Crippen LogP contribution in [-0.4, -0.2) is 14.2 Å². The average Bonchev–Trinajstić information content (AvgIpc) is 2.68. The van der Waals surface area contributed by atoms with Crippen molar-refractivity contribution in [3.8, 4) is 11.1 Å². The lowest BCUT2D eigenvalue weighted by Crippen LogP contribution is -2.30. The number of rotatable bonds is 7. The van der Waals surface area contributed by atoms with Gasteiger partial charge >= 0.3 is 0 Å². The predicted molar refractivity (Wildman–Crippen MR) is 111 cm³/mol. The second-order valence-electron chi connectivity index (χ2n) is 6.88. The van der Waals surface area contributed by atoms with Crippen LogP contribution >= 0.6 is 0 Å². The Hall–Kier alpha value is -2.76. The summed E-state index contributed by atoms with van der Waals surface area (Å²) < 4.78 is 28.4. The van der Waals surface area contributed by atoms with E-state index < -0.39 is 16.1 Å². The van der Waals surface area contributed by atoms with Gasteiger partial charge in [0.05, 0.1) is 10.9 Å². The summed E-state index contributed by atoms with van der Waals surface area (Å²) in [5.74, 6) is -0.0775. The van der Waals surface area contributed by atoms with Crippen LogP contribution in [0.3, 0.4) is 0 Å². The third-order valence-corrected chi connectivity index (χ3v) is 5.99. The molecule has 4 nitrogen and oxygen atoms in total. The van der Waals surface area contributed by atoms with Crippen molar-refractivity contribution in [1.29, 1.82) is 0 Å². The number of sulfonamides is 1. The van der Waals surface area contributed by atoms with Gasteiger partial charge in [0.25, 0.3) is 0 Å². The van der Waals surface area contributed by atoms with Gasteiger partial charge in [0, 0.05) is 6.42 Å². The normalized spacial score (nSPS) is 12.5. The van der Waals surface area contributed by atoms with Gasteiger partial charge in [-0.05, 0) is 42.7 Å². The maximum atomic E-state index is 12.9. The number of benzene rings is 3. The van der Waals surface area contributed by atoms with Gasteiger partial charge in [-0.25, -0.2) is 13.1 Å². The number of hydrogen-bond acceptors (Lipinski definition) is 3. The van der Waals surface area contributed by atoms with Crippen molar-refractivity contribution < 1.29 is 13.2 Å². The van der Waals surface area contributed by atoms with Crippen LogP contribution in [0.25, 0.3) is 11.1 Å². The van der Waals surface area contributed by atoms with Gasteiger partial charge in [0.15, 0.2) is 0 Å². The molecule has 0 aromatic heterocycles. The maximum absolute atomic E-state index is 12.9. The SMILES string of the molecule is CC(=O)CC(NS(=O)(=O)c1ccc(-c2cccc(C)c2)cc1)c1ccccc1. The quantitative estimate of drug-likeness (QED) is 0.635. The summed E-state index contributed by atoms with van der Waals surface area (Å²) in [5, 5.41) is 0. The molecule has 0 heterocycles. The monoisotopic (exact) mass is 393 g/mol. The van der Waals surface area contributed by atoms with E-state index in [1.54, 1.807) is 24.3 Å². The number of carbonyl (C=O) groups is 1. The summed E-state index contributed by atoms with van der Waals surface area (Å²) in [4.78, 5) is 11.8. The third kappa shape index (κ3) is 4.94. The van der Waals surface area contributed by atoms with Crippen molar-refractivity contribution in [3.05, 3.63) is 90.0 Å². The summed E-state index contributed by atoms with van der Waals surface area (Å²) in [5.41, 5.74) is 3.89. The first-order chi connectivity index (χ1) is 13.3. The van der Waals surface area contributed by atoms with Crippen LogP contribution in [0.5, 0.6) is 0 Å². The van der Waals surface area contributed by atoms with Crippen LogP contribution in [0.15, 0.2) is 83.8 Å². The zero-order valence-corrected chi connectivity index (χ0v) is 16.7. The predicted octanol–water partition coefficient (Wildman–Crippen LogP) is 4.66. The smallest absolute Gasteiger partial charge is 0.241 e. The minimum absolute atomic E-state index is 0.0775. The van der Waals surface area contributed by atoms with Gasteiger partial charge in [-0.1, -0.05) is 72.3 Å². The summed E-state index contributed by atoms with van der Waals surface area (Å²) in [6.07, 6.45) is 0.102. The van der Waals surface area contributed by atoms with E-state index in [0.29, 0.717) is 0 Å². The molecule has 0 saturated heterocycles. The molecule has 3 aromatic carbocycles. The molecule has 0 spiro atoms. The fourth-order valence-electron chi connectivity index (χ4n) is 3.11. The summed E-state index contributed by atoms with van der Waals surface area (Å²) in [6, 6.07) is 23.4. The van der Waals surface area contributed by atoms with Crippen LogP contribution in [0.1, 0.15) is 30.5 Å². The second kappa shape index (κ2) is 8.50. The molecule has 144 valence electrons. The van der Waals surface area contributed by atoms with E-state index in [4.69, 9.17) is 0 Å². The molecule has 0 radical (unpaired) electrons. The highest BCUT2D eigenvalue weighted by atomic mass is 32.2. The molecule has 0 aliphatic heterocycles. The van der Waals surface area contributed by atoms with E-state index in [9.17, 15) is 13.2 Å². The Morgan fingerprint density at radius 1 is 0.893 bits per heavy atom. The van der Waals surface area contributed by atoms with Crippen molar-refractivity contribution in [2.24, 2.45) is 0 Å². The minimum atomic E-state index is -3.76. The molecule has 1 unspecified atom stereocenters. The number of nitrogens with one attached hydrogen (secondary N) is 1. The van der Waals surface area contributed by atoms with Crippen molar-refractivity contribution in [2.45, 2.75) is 31.2 Å². The standard InChI is InChI=1S/C23H23NO3S/c1-17-7-6-10-21(15-17)19-11-13-22(14-12-19)28(26,27)24-23(16-18(2)25)20-8-4-3-5-9-20/h3-15,23-24H,16H2,1-2H3. The van der Waals surface area contributed by atoms with E-state index in [-0.39, 0.29) is 17.1 Å². The van der Waals surface area contributed by atoms with E-state index in [1.807, 2.05) is 55.5 Å². The highest BCUT2D eigenvalue weighted by Crippen LogP contribution is 2.24. The molecule has 0 fully saturated rings. The molecule has 0 amide bonds. The van der Waals surface area contributed by atoms with E-state index in [0.717, 1.165) is 22.3 Å². The van der Waals surface area contributed by atoms with E-state index >= 15 is 0 Å². The van der Waals surface area contributed by atoms with Gasteiger partial charge in [-0.3, -0.25) is 4.79 Å². The molecule has 0 aliphatic carbocycles. The Labute approximate surface area is 166 Å². The lowest BCUT2D eigenvalue weighted by atomic mass is 10.0. The number of carbonyl (C=O) groups excluding carboxylic acids is 1. The molecule has 0 aliphatic rings. The maximum Gasteiger partial charge on any atom is 0.241 e. The molecule has 3 aromatic rings. The van der Waals surface area contributed by atoms with Crippen LogP contribution < -0.4 is 4.72 Å². The zero-order valence-electron chi connectivity index (χ0n) is 15.9. The first kappa shape index (κ1) is 20.0. The van der Waals surface area contributed by atoms with E-state index in [1.165, 1.54) is 6.92 Å². The number of aryl methyl sites for hydroxylation is 1. The lowest BCUT2D eigenvalue weighted by molar-refractivity contribution is -0.117. The van der Waals surface area contributed by atoms with Gasteiger partial charge in [0.1, 0.15) is 5.78 Å². The van der Waals surface area contributed by atoms with Crippen LogP contribution in [0, 0.1) is 6.92 Å². The first-order valence-corrected chi connectivity index (χ1v) is 10.6. The van der Waals surface area contributed by atoms with Crippen molar-refractivity contribution >= 4 is 15.8 Å². The topological polar surface area (TPSA) is 63.2 Å². The fourth-order valence-corrected chi connectivity index (χ4v) is 4.33. The summed E-state index contributed by atoms with van der Waals surface area (Å²) >= 11 is 0. The number of hydrogen-bond donors (Lipinski definition) is 1. The summed E-state index contributed by atoms with van der Waals surface area (Å²) in [7, 11) is -3.76. The molecule has 0 bridgehead atoms. The van der Waals surface area contributed by atoms with Gasteiger partial charge < -0.3 is 0 Å². The average molecular weight is 394 g/mol. The Balaban J connectivity index is 1.86. The van der Waals surface area contributed by atoms with Crippen LogP contribution in [-0.2, 0) is 14.8 Å².